The molecule has 0 aromatic rings. The first-order valence-corrected chi connectivity index (χ1v) is 8.37. The van der Waals surface area contributed by atoms with E-state index < -0.39 is 0 Å². The molecule has 0 aromatic carbocycles. The first kappa shape index (κ1) is 11.5. The lowest BCUT2D eigenvalue weighted by atomic mass is 9.53. The second-order valence-electron chi connectivity index (χ2n) is 7.50. The minimum absolute atomic E-state index is 0.503. The van der Waals surface area contributed by atoms with Crippen LogP contribution in [0.1, 0.15) is 64.2 Å². The van der Waals surface area contributed by atoms with E-state index in [1.165, 1.54) is 57.8 Å². The summed E-state index contributed by atoms with van der Waals surface area (Å²) in [7, 11) is 0. The molecule has 6 atom stereocenters. The average molecular weight is 246 g/mol. The van der Waals surface area contributed by atoms with Gasteiger partial charge in [0.25, 0.3) is 0 Å². The molecule has 4 rings (SSSR count). The molecule has 0 saturated heterocycles. The molecule has 100 valence electrons. The van der Waals surface area contributed by atoms with E-state index in [1.807, 2.05) is 0 Å². The fourth-order valence-electron chi connectivity index (χ4n) is 6.21. The standard InChI is InChI=1S/C17H26O/c18-16-10-12-5-3-7-13(12)15-9-8-11-4-1-2-6-14(11)17(15)16/h11-15,17H,1-10H2. The summed E-state index contributed by atoms with van der Waals surface area (Å²) in [4.78, 5) is 12.6. The number of ketones is 1. The fraction of sp³-hybridized carbons (Fsp3) is 0.941. The lowest BCUT2D eigenvalue weighted by Gasteiger charge is -2.50. The molecule has 4 saturated carbocycles. The molecule has 0 bridgehead atoms. The van der Waals surface area contributed by atoms with Crippen LogP contribution in [0.5, 0.6) is 0 Å². The highest BCUT2D eigenvalue weighted by Crippen LogP contribution is 2.56. The van der Waals surface area contributed by atoms with Crippen molar-refractivity contribution in [2.45, 2.75) is 64.2 Å². The van der Waals surface area contributed by atoms with E-state index >= 15 is 0 Å². The van der Waals surface area contributed by atoms with Crippen LogP contribution in [0.3, 0.4) is 0 Å². The minimum Gasteiger partial charge on any atom is -0.299 e. The molecule has 0 aliphatic heterocycles. The normalized spacial score (nSPS) is 51.4. The Kier molecular flexibility index (Phi) is 2.78. The van der Waals surface area contributed by atoms with Gasteiger partial charge in [0, 0.05) is 12.3 Å². The Bertz CT molecular complexity index is 348. The van der Waals surface area contributed by atoms with Crippen LogP contribution in [0.15, 0.2) is 0 Å². The van der Waals surface area contributed by atoms with Gasteiger partial charge >= 0.3 is 0 Å². The predicted octanol–water partition coefficient (Wildman–Crippen LogP) is 4.21. The molecular formula is C17H26O. The van der Waals surface area contributed by atoms with Gasteiger partial charge in [-0.05, 0) is 61.7 Å². The van der Waals surface area contributed by atoms with E-state index in [1.54, 1.807) is 0 Å². The van der Waals surface area contributed by atoms with Crippen molar-refractivity contribution in [3.63, 3.8) is 0 Å². The summed E-state index contributed by atoms with van der Waals surface area (Å²) in [5.41, 5.74) is 0. The van der Waals surface area contributed by atoms with Gasteiger partial charge in [0.1, 0.15) is 5.78 Å². The minimum atomic E-state index is 0.503. The van der Waals surface area contributed by atoms with Crippen LogP contribution in [0, 0.1) is 35.5 Å². The van der Waals surface area contributed by atoms with Crippen LogP contribution >= 0.6 is 0 Å². The molecule has 1 heteroatoms. The molecule has 4 aliphatic rings. The second kappa shape index (κ2) is 4.35. The molecule has 0 spiro atoms. The molecule has 6 unspecified atom stereocenters. The zero-order valence-corrected chi connectivity index (χ0v) is 11.4. The van der Waals surface area contributed by atoms with Crippen LogP contribution < -0.4 is 0 Å². The van der Waals surface area contributed by atoms with Crippen molar-refractivity contribution >= 4 is 5.78 Å². The summed E-state index contributed by atoms with van der Waals surface area (Å²) in [6, 6.07) is 0. The quantitative estimate of drug-likeness (QED) is 0.626. The van der Waals surface area contributed by atoms with Crippen LogP contribution in [-0.2, 0) is 4.79 Å². The van der Waals surface area contributed by atoms with Gasteiger partial charge in [-0.2, -0.15) is 0 Å². The van der Waals surface area contributed by atoms with E-state index in [4.69, 9.17) is 0 Å². The molecule has 1 nitrogen and oxygen atoms in total. The van der Waals surface area contributed by atoms with Gasteiger partial charge < -0.3 is 0 Å². The van der Waals surface area contributed by atoms with Gasteiger partial charge in [-0.25, -0.2) is 0 Å². The lowest BCUT2D eigenvalue weighted by molar-refractivity contribution is -0.139. The maximum Gasteiger partial charge on any atom is 0.136 e. The molecular weight excluding hydrogens is 220 g/mol. The van der Waals surface area contributed by atoms with Gasteiger partial charge in [-0.15, -0.1) is 0 Å². The summed E-state index contributed by atoms with van der Waals surface area (Å²) in [5.74, 6) is 5.43. The molecule has 4 fully saturated rings. The van der Waals surface area contributed by atoms with Crippen molar-refractivity contribution in [3.05, 3.63) is 0 Å². The summed E-state index contributed by atoms with van der Waals surface area (Å²) in [6.45, 7) is 0. The Hall–Kier alpha value is -0.330. The molecule has 0 aromatic heterocycles. The summed E-state index contributed by atoms with van der Waals surface area (Å²) < 4.78 is 0. The Morgan fingerprint density at radius 2 is 1.44 bits per heavy atom. The number of carbonyl (C=O) groups excluding carboxylic acids is 1. The summed E-state index contributed by atoms with van der Waals surface area (Å²) >= 11 is 0. The Labute approximate surface area is 111 Å². The number of fused-ring (bicyclic) bond motifs is 5. The molecule has 0 radical (unpaired) electrons. The number of hydrogen-bond donors (Lipinski definition) is 0. The topological polar surface area (TPSA) is 17.1 Å². The largest absolute Gasteiger partial charge is 0.299 e. The summed E-state index contributed by atoms with van der Waals surface area (Å²) in [5, 5.41) is 0. The number of rotatable bonds is 0. The maximum atomic E-state index is 12.6. The van der Waals surface area contributed by atoms with Crippen LogP contribution in [0.25, 0.3) is 0 Å². The highest BCUT2D eigenvalue weighted by atomic mass is 16.1. The van der Waals surface area contributed by atoms with Gasteiger partial charge in [-0.1, -0.05) is 25.7 Å². The highest BCUT2D eigenvalue weighted by Gasteiger charge is 2.52. The number of carbonyl (C=O) groups is 1. The van der Waals surface area contributed by atoms with Crippen LogP contribution in [0.4, 0.5) is 0 Å². The van der Waals surface area contributed by atoms with Crippen molar-refractivity contribution in [1.29, 1.82) is 0 Å². The maximum absolute atomic E-state index is 12.6. The Balaban J connectivity index is 1.63. The van der Waals surface area contributed by atoms with Crippen molar-refractivity contribution in [2.75, 3.05) is 0 Å². The van der Waals surface area contributed by atoms with E-state index in [0.717, 1.165) is 36.0 Å². The Morgan fingerprint density at radius 3 is 2.39 bits per heavy atom. The highest BCUT2D eigenvalue weighted by molar-refractivity contribution is 5.83. The second-order valence-corrected chi connectivity index (χ2v) is 7.50. The third-order valence-electron chi connectivity index (χ3n) is 6.86. The third kappa shape index (κ3) is 1.62. The first-order valence-electron chi connectivity index (χ1n) is 8.37. The monoisotopic (exact) mass is 246 g/mol. The van der Waals surface area contributed by atoms with Crippen molar-refractivity contribution < 1.29 is 4.79 Å². The van der Waals surface area contributed by atoms with E-state index in [-0.39, 0.29) is 0 Å². The molecule has 18 heavy (non-hydrogen) atoms. The van der Waals surface area contributed by atoms with Gasteiger partial charge in [-0.3, -0.25) is 4.79 Å². The first-order chi connectivity index (χ1) is 8.84. The van der Waals surface area contributed by atoms with Crippen LogP contribution in [-0.4, -0.2) is 5.78 Å². The van der Waals surface area contributed by atoms with E-state index in [9.17, 15) is 4.79 Å². The van der Waals surface area contributed by atoms with Gasteiger partial charge in [0.05, 0.1) is 0 Å². The van der Waals surface area contributed by atoms with E-state index in [0.29, 0.717) is 11.7 Å². The molecule has 0 amide bonds. The lowest BCUT2D eigenvalue weighted by Crippen LogP contribution is -2.48. The number of hydrogen-bond acceptors (Lipinski definition) is 1. The van der Waals surface area contributed by atoms with Crippen LogP contribution in [0.2, 0.25) is 0 Å². The van der Waals surface area contributed by atoms with Crippen molar-refractivity contribution in [3.8, 4) is 0 Å². The molecule has 0 N–H and O–H groups in total. The van der Waals surface area contributed by atoms with Crippen molar-refractivity contribution in [1.82, 2.24) is 0 Å². The zero-order valence-electron chi connectivity index (χ0n) is 11.4. The number of Topliss-reactive ketones (excluding diaryl/α,β-unsaturated/α-hetero) is 1. The SMILES string of the molecule is O=C1CC2CCCC2C2CCC3CCCCC3C12. The molecule has 4 aliphatic carbocycles. The average Bonchev–Trinajstić information content (AvgIpc) is 2.86. The molecule has 0 heterocycles. The van der Waals surface area contributed by atoms with Gasteiger partial charge in [0.2, 0.25) is 0 Å². The summed E-state index contributed by atoms with van der Waals surface area (Å²) in [6.07, 6.45) is 13.6. The van der Waals surface area contributed by atoms with Gasteiger partial charge in [0.15, 0.2) is 0 Å². The van der Waals surface area contributed by atoms with E-state index in [2.05, 4.69) is 0 Å². The third-order valence-corrected chi connectivity index (χ3v) is 6.86. The Morgan fingerprint density at radius 1 is 0.667 bits per heavy atom. The smallest absolute Gasteiger partial charge is 0.136 e. The van der Waals surface area contributed by atoms with Crippen molar-refractivity contribution in [2.24, 2.45) is 35.5 Å². The predicted molar refractivity (Wildman–Crippen MR) is 72.1 cm³/mol. The zero-order chi connectivity index (χ0) is 12.1. The fourth-order valence-corrected chi connectivity index (χ4v) is 6.21.